The van der Waals surface area contributed by atoms with E-state index in [-0.39, 0.29) is 5.97 Å². The molecular weight excluding hydrogens is 304 g/mol. The number of carbonyl (C=O) groups is 1. The summed E-state index contributed by atoms with van der Waals surface area (Å²) in [6.07, 6.45) is 5.07. The molecule has 0 saturated carbocycles. The molecule has 6 heteroatoms. The van der Waals surface area contributed by atoms with E-state index in [2.05, 4.69) is 20.3 Å². The zero-order valence-corrected chi connectivity index (χ0v) is 13.1. The topological polar surface area (TPSA) is 77.0 Å². The van der Waals surface area contributed by atoms with Crippen molar-refractivity contribution >= 4 is 17.5 Å². The van der Waals surface area contributed by atoms with Gasteiger partial charge in [-0.05, 0) is 43.3 Å². The van der Waals surface area contributed by atoms with Gasteiger partial charge in [-0.15, -0.1) is 0 Å². The summed E-state index contributed by atoms with van der Waals surface area (Å²) in [7, 11) is 0. The first-order chi connectivity index (χ1) is 11.8. The van der Waals surface area contributed by atoms with Gasteiger partial charge in [-0.25, -0.2) is 14.8 Å². The molecule has 0 spiro atoms. The highest BCUT2D eigenvalue weighted by molar-refractivity contribution is 5.90. The second kappa shape index (κ2) is 7.32. The summed E-state index contributed by atoms with van der Waals surface area (Å²) in [6, 6.07) is 12.6. The Morgan fingerprint density at radius 2 is 1.96 bits per heavy atom. The Hall–Kier alpha value is -3.28. The van der Waals surface area contributed by atoms with Crippen LogP contribution in [0, 0.1) is 0 Å². The number of nitrogens with zero attached hydrogens (tertiary/aromatic N) is 3. The van der Waals surface area contributed by atoms with Crippen LogP contribution in [0.4, 0.5) is 11.5 Å². The molecule has 0 aliphatic carbocycles. The molecule has 0 atom stereocenters. The van der Waals surface area contributed by atoms with E-state index >= 15 is 0 Å². The normalized spacial score (nSPS) is 10.2. The summed E-state index contributed by atoms with van der Waals surface area (Å²) in [5.74, 6) is 0.892. The van der Waals surface area contributed by atoms with Gasteiger partial charge in [0.1, 0.15) is 5.82 Å². The van der Waals surface area contributed by atoms with Crippen molar-refractivity contribution in [2.75, 3.05) is 11.9 Å². The molecule has 0 amide bonds. The zero-order chi connectivity index (χ0) is 16.8. The van der Waals surface area contributed by atoms with Gasteiger partial charge < -0.3 is 10.1 Å². The number of nitrogens with one attached hydrogen (secondary N) is 1. The van der Waals surface area contributed by atoms with E-state index in [4.69, 9.17) is 4.74 Å². The quantitative estimate of drug-likeness (QED) is 0.725. The van der Waals surface area contributed by atoms with Gasteiger partial charge in [-0.2, -0.15) is 0 Å². The summed E-state index contributed by atoms with van der Waals surface area (Å²) in [5, 5.41) is 3.18. The van der Waals surface area contributed by atoms with E-state index in [9.17, 15) is 4.79 Å². The molecule has 0 bridgehead atoms. The Bertz CT molecular complexity index is 837. The lowest BCUT2D eigenvalue weighted by atomic mass is 10.2. The van der Waals surface area contributed by atoms with Crippen LogP contribution < -0.4 is 5.32 Å². The summed E-state index contributed by atoms with van der Waals surface area (Å²) in [6.45, 7) is 2.12. The minimum absolute atomic E-state index is 0.345. The molecule has 3 rings (SSSR count). The number of hydrogen-bond donors (Lipinski definition) is 1. The van der Waals surface area contributed by atoms with Crippen LogP contribution in [-0.2, 0) is 4.74 Å². The molecule has 24 heavy (non-hydrogen) atoms. The molecule has 1 N–H and O–H groups in total. The lowest BCUT2D eigenvalue weighted by Crippen LogP contribution is -2.05. The van der Waals surface area contributed by atoms with Gasteiger partial charge in [0.25, 0.3) is 0 Å². The predicted molar refractivity (Wildman–Crippen MR) is 90.9 cm³/mol. The van der Waals surface area contributed by atoms with Gasteiger partial charge >= 0.3 is 5.97 Å². The maximum absolute atomic E-state index is 11.8. The SMILES string of the molecule is CCOC(=O)c1cccc(Nc2ccnc(-c3ccncc3)n2)c1. The first-order valence-corrected chi connectivity index (χ1v) is 7.54. The van der Waals surface area contributed by atoms with Gasteiger partial charge in [-0.3, -0.25) is 4.98 Å². The van der Waals surface area contributed by atoms with Crippen molar-refractivity contribution in [3.05, 3.63) is 66.6 Å². The number of hydrogen-bond acceptors (Lipinski definition) is 6. The van der Waals surface area contributed by atoms with E-state index in [0.29, 0.717) is 23.8 Å². The maximum atomic E-state index is 11.8. The lowest BCUT2D eigenvalue weighted by molar-refractivity contribution is 0.0526. The van der Waals surface area contributed by atoms with Crippen LogP contribution >= 0.6 is 0 Å². The van der Waals surface area contributed by atoms with Crippen molar-refractivity contribution in [3.63, 3.8) is 0 Å². The molecule has 6 nitrogen and oxygen atoms in total. The van der Waals surface area contributed by atoms with E-state index < -0.39 is 0 Å². The lowest BCUT2D eigenvalue weighted by Gasteiger charge is -2.08. The molecule has 0 radical (unpaired) electrons. The van der Waals surface area contributed by atoms with Gasteiger partial charge in [0, 0.05) is 29.8 Å². The van der Waals surface area contributed by atoms with Crippen LogP contribution in [0.3, 0.4) is 0 Å². The van der Waals surface area contributed by atoms with Crippen LogP contribution in [0.25, 0.3) is 11.4 Å². The summed E-state index contributed by atoms with van der Waals surface area (Å²) < 4.78 is 5.01. The fourth-order valence-electron chi connectivity index (χ4n) is 2.15. The number of pyridine rings is 1. The van der Waals surface area contributed by atoms with Gasteiger partial charge in [0.05, 0.1) is 12.2 Å². The Labute approximate surface area is 139 Å². The minimum Gasteiger partial charge on any atom is -0.462 e. The standard InChI is InChI=1S/C18H16N4O2/c1-2-24-18(23)14-4-3-5-15(12-14)21-16-8-11-20-17(22-16)13-6-9-19-10-7-13/h3-12H,2H2,1H3,(H,20,21,22). The summed E-state index contributed by atoms with van der Waals surface area (Å²) in [4.78, 5) is 24.5. The van der Waals surface area contributed by atoms with Gasteiger partial charge in [0.2, 0.25) is 0 Å². The summed E-state index contributed by atoms with van der Waals surface area (Å²) in [5.41, 5.74) is 2.12. The van der Waals surface area contributed by atoms with Crippen molar-refractivity contribution in [2.24, 2.45) is 0 Å². The van der Waals surface area contributed by atoms with E-state index in [1.807, 2.05) is 18.2 Å². The smallest absolute Gasteiger partial charge is 0.338 e. The highest BCUT2D eigenvalue weighted by Crippen LogP contribution is 2.19. The molecule has 1 aromatic carbocycles. The zero-order valence-electron chi connectivity index (χ0n) is 13.1. The van der Waals surface area contributed by atoms with Crippen LogP contribution in [0.15, 0.2) is 61.1 Å². The van der Waals surface area contributed by atoms with Gasteiger partial charge in [-0.1, -0.05) is 6.07 Å². The second-order valence-corrected chi connectivity index (χ2v) is 4.93. The molecule has 0 aliphatic rings. The predicted octanol–water partition coefficient (Wildman–Crippen LogP) is 3.46. The molecule has 2 aromatic heterocycles. The maximum Gasteiger partial charge on any atom is 0.338 e. The first kappa shape index (κ1) is 15.6. The van der Waals surface area contributed by atoms with Crippen LogP contribution in [0.5, 0.6) is 0 Å². The van der Waals surface area contributed by atoms with Crippen molar-refractivity contribution < 1.29 is 9.53 Å². The molecule has 0 saturated heterocycles. The molecule has 120 valence electrons. The van der Waals surface area contributed by atoms with E-state index in [1.165, 1.54) is 0 Å². The third kappa shape index (κ3) is 3.73. The second-order valence-electron chi connectivity index (χ2n) is 4.93. The van der Waals surface area contributed by atoms with Crippen molar-refractivity contribution in [1.82, 2.24) is 15.0 Å². The average molecular weight is 320 g/mol. The fourth-order valence-corrected chi connectivity index (χ4v) is 2.15. The Balaban J connectivity index is 1.82. The molecule has 0 unspecified atom stereocenters. The molecule has 3 aromatic rings. The first-order valence-electron chi connectivity index (χ1n) is 7.54. The molecule has 2 heterocycles. The molecule has 0 aliphatic heterocycles. The van der Waals surface area contributed by atoms with Gasteiger partial charge in [0.15, 0.2) is 5.82 Å². The van der Waals surface area contributed by atoms with E-state index in [0.717, 1.165) is 11.3 Å². The Morgan fingerprint density at radius 3 is 2.75 bits per heavy atom. The monoisotopic (exact) mass is 320 g/mol. The van der Waals surface area contributed by atoms with Crippen molar-refractivity contribution in [1.29, 1.82) is 0 Å². The number of ether oxygens (including phenoxy) is 1. The minimum atomic E-state index is -0.346. The number of esters is 1. The van der Waals surface area contributed by atoms with Crippen molar-refractivity contribution in [3.8, 4) is 11.4 Å². The number of aromatic nitrogens is 3. The highest BCUT2D eigenvalue weighted by Gasteiger charge is 2.08. The third-order valence-corrected chi connectivity index (χ3v) is 3.24. The number of benzene rings is 1. The highest BCUT2D eigenvalue weighted by atomic mass is 16.5. The van der Waals surface area contributed by atoms with E-state index in [1.54, 1.807) is 49.8 Å². The Kier molecular flexibility index (Phi) is 4.76. The molecular formula is C18H16N4O2. The number of carbonyl (C=O) groups excluding carboxylic acids is 1. The van der Waals surface area contributed by atoms with Crippen LogP contribution in [0.1, 0.15) is 17.3 Å². The molecule has 0 fully saturated rings. The summed E-state index contributed by atoms with van der Waals surface area (Å²) >= 11 is 0. The van der Waals surface area contributed by atoms with Crippen LogP contribution in [0.2, 0.25) is 0 Å². The fraction of sp³-hybridized carbons (Fsp3) is 0.111. The number of anilines is 2. The van der Waals surface area contributed by atoms with Crippen LogP contribution in [-0.4, -0.2) is 27.5 Å². The number of rotatable bonds is 5. The Morgan fingerprint density at radius 1 is 1.12 bits per heavy atom. The largest absolute Gasteiger partial charge is 0.462 e. The third-order valence-electron chi connectivity index (χ3n) is 3.24. The average Bonchev–Trinajstić information content (AvgIpc) is 2.63. The van der Waals surface area contributed by atoms with Crippen molar-refractivity contribution in [2.45, 2.75) is 6.92 Å².